The number of carbonyl (C=O) groups is 1. The molecule has 1 N–H and O–H groups in total. The van der Waals surface area contributed by atoms with Crippen LogP contribution in [-0.4, -0.2) is 34.7 Å². The molecule has 0 bridgehead atoms. The molecule has 106 valence electrons. The normalized spacial score (nSPS) is 10.4. The van der Waals surface area contributed by atoms with Gasteiger partial charge in [0.1, 0.15) is 0 Å². The van der Waals surface area contributed by atoms with E-state index < -0.39 is 0 Å². The Bertz CT molecular complexity index is 618. The molecule has 0 saturated carbocycles. The third-order valence-electron chi connectivity index (χ3n) is 3.20. The Labute approximate surface area is 119 Å². The molecule has 5 nitrogen and oxygen atoms in total. The zero-order valence-corrected chi connectivity index (χ0v) is 12.3. The molecule has 2 aromatic rings. The van der Waals surface area contributed by atoms with Crippen molar-refractivity contribution < 1.29 is 4.79 Å². The maximum Gasteiger partial charge on any atom is 0.255 e. The molecule has 1 aromatic heterocycles. The second-order valence-corrected chi connectivity index (χ2v) is 4.98. The van der Waals surface area contributed by atoms with Crippen molar-refractivity contribution in [3.8, 4) is 0 Å². The standard InChI is InChI=1S/C15H20N4O/c1-11-5-6-13(14(7-11)16-2)15(20)18(3)9-12-8-17-19(4)10-12/h5-8,10,16H,9H2,1-4H3. The van der Waals surface area contributed by atoms with Crippen LogP contribution in [0.15, 0.2) is 30.6 Å². The van der Waals surface area contributed by atoms with Crippen LogP contribution in [0.1, 0.15) is 21.5 Å². The number of amides is 1. The maximum atomic E-state index is 12.5. The summed E-state index contributed by atoms with van der Waals surface area (Å²) in [5.41, 5.74) is 3.68. The predicted octanol–water partition coefficient (Wildman–Crippen LogP) is 2.04. The minimum Gasteiger partial charge on any atom is -0.387 e. The lowest BCUT2D eigenvalue weighted by atomic mass is 10.1. The van der Waals surface area contributed by atoms with Crippen molar-refractivity contribution >= 4 is 11.6 Å². The van der Waals surface area contributed by atoms with E-state index in [9.17, 15) is 4.79 Å². The first kappa shape index (κ1) is 14.1. The van der Waals surface area contributed by atoms with Crippen molar-refractivity contribution in [3.05, 3.63) is 47.3 Å². The summed E-state index contributed by atoms with van der Waals surface area (Å²) in [6.45, 7) is 2.55. The van der Waals surface area contributed by atoms with Gasteiger partial charge in [-0.15, -0.1) is 0 Å². The van der Waals surface area contributed by atoms with E-state index in [0.29, 0.717) is 12.1 Å². The zero-order valence-electron chi connectivity index (χ0n) is 12.3. The SMILES string of the molecule is CNc1cc(C)ccc1C(=O)N(C)Cc1cnn(C)c1. The third kappa shape index (κ3) is 2.99. The van der Waals surface area contributed by atoms with E-state index in [2.05, 4.69) is 10.4 Å². The first-order chi connectivity index (χ1) is 9.51. The van der Waals surface area contributed by atoms with Crippen LogP contribution in [0.3, 0.4) is 0 Å². The highest BCUT2D eigenvalue weighted by Crippen LogP contribution is 2.19. The molecule has 0 aliphatic carbocycles. The van der Waals surface area contributed by atoms with Crippen molar-refractivity contribution in [1.82, 2.24) is 14.7 Å². The van der Waals surface area contributed by atoms with Gasteiger partial charge >= 0.3 is 0 Å². The number of aryl methyl sites for hydroxylation is 2. The number of hydrogen-bond donors (Lipinski definition) is 1. The highest BCUT2D eigenvalue weighted by molar-refractivity contribution is 5.99. The van der Waals surface area contributed by atoms with Crippen LogP contribution in [0, 0.1) is 6.92 Å². The first-order valence-corrected chi connectivity index (χ1v) is 6.52. The summed E-state index contributed by atoms with van der Waals surface area (Å²) in [5.74, 6) is -0.00166. The maximum absolute atomic E-state index is 12.5. The molecule has 1 aromatic carbocycles. The molecule has 0 fully saturated rings. The van der Waals surface area contributed by atoms with Gasteiger partial charge in [-0.2, -0.15) is 5.10 Å². The molecule has 1 heterocycles. The Morgan fingerprint density at radius 1 is 1.45 bits per heavy atom. The topological polar surface area (TPSA) is 50.2 Å². The number of rotatable bonds is 4. The van der Waals surface area contributed by atoms with Crippen LogP contribution in [0.4, 0.5) is 5.69 Å². The predicted molar refractivity (Wildman–Crippen MR) is 79.7 cm³/mol. The minimum atomic E-state index is -0.00166. The third-order valence-corrected chi connectivity index (χ3v) is 3.20. The van der Waals surface area contributed by atoms with Gasteiger partial charge < -0.3 is 10.2 Å². The molecular formula is C15H20N4O. The quantitative estimate of drug-likeness (QED) is 0.926. The molecule has 1 amide bonds. The number of nitrogens with zero attached hydrogens (tertiary/aromatic N) is 3. The fraction of sp³-hybridized carbons (Fsp3) is 0.333. The number of aromatic nitrogens is 2. The summed E-state index contributed by atoms with van der Waals surface area (Å²) in [4.78, 5) is 14.2. The largest absolute Gasteiger partial charge is 0.387 e. The fourth-order valence-corrected chi connectivity index (χ4v) is 2.16. The Kier molecular flexibility index (Phi) is 4.08. The van der Waals surface area contributed by atoms with Crippen molar-refractivity contribution in [2.24, 2.45) is 7.05 Å². The average molecular weight is 272 g/mol. The van der Waals surface area contributed by atoms with Crippen molar-refractivity contribution in [2.45, 2.75) is 13.5 Å². The highest BCUT2D eigenvalue weighted by atomic mass is 16.2. The number of carbonyl (C=O) groups excluding carboxylic acids is 1. The Balaban J connectivity index is 2.18. The van der Waals surface area contributed by atoms with Gasteiger partial charge in [0.05, 0.1) is 11.8 Å². The molecule has 0 unspecified atom stereocenters. The summed E-state index contributed by atoms with van der Waals surface area (Å²) in [6.07, 6.45) is 3.69. The molecular weight excluding hydrogens is 252 g/mol. The molecule has 2 rings (SSSR count). The van der Waals surface area contributed by atoms with E-state index >= 15 is 0 Å². The summed E-state index contributed by atoms with van der Waals surface area (Å²) >= 11 is 0. The molecule has 0 aliphatic heterocycles. The van der Waals surface area contributed by atoms with E-state index in [0.717, 1.165) is 16.8 Å². The van der Waals surface area contributed by atoms with Gasteiger partial charge in [-0.1, -0.05) is 6.07 Å². The van der Waals surface area contributed by atoms with E-state index in [1.165, 1.54) is 0 Å². The number of anilines is 1. The van der Waals surface area contributed by atoms with Crippen LogP contribution in [-0.2, 0) is 13.6 Å². The summed E-state index contributed by atoms with van der Waals surface area (Å²) < 4.78 is 1.73. The second kappa shape index (κ2) is 5.77. The Morgan fingerprint density at radius 2 is 2.20 bits per heavy atom. The number of benzene rings is 1. The van der Waals surface area contributed by atoms with Crippen LogP contribution in [0.5, 0.6) is 0 Å². The Morgan fingerprint density at radius 3 is 2.80 bits per heavy atom. The molecule has 0 aliphatic rings. The molecule has 0 radical (unpaired) electrons. The van der Waals surface area contributed by atoms with E-state index in [4.69, 9.17) is 0 Å². The highest BCUT2D eigenvalue weighted by Gasteiger charge is 2.16. The monoisotopic (exact) mass is 272 g/mol. The van der Waals surface area contributed by atoms with Gasteiger partial charge in [-0.25, -0.2) is 0 Å². The van der Waals surface area contributed by atoms with Crippen LogP contribution < -0.4 is 5.32 Å². The fourth-order valence-electron chi connectivity index (χ4n) is 2.16. The Hall–Kier alpha value is -2.30. The van der Waals surface area contributed by atoms with Gasteiger partial charge in [-0.05, 0) is 24.6 Å². The van der Waals surface area contributed by atoms with Crippen molar-refractivity contribution in [3.63, 3.8) is 0 Å². The molecule has 0 atom stereocenters. The summed E-state index contributed by atoms with van der Waals surface area (Å²) in [7, 11) is 5.49. The van der Waals surface area contributed by atoms with Gasteiger partial charge in [0, 0.05) is 45.1 Å². The summed E-state index contributed by atoms with van der Waals surface area (Å²) in [5, 5.41) is 7.19. The average Bonchev–Trinajstić information content (AvgIpc) is 2.83. The molecule has 20 heavy (non-hydrogen) atoms. The van der Waals surface area contributed by atoms with Crippen LogP contribution in [0.25, 0.3) is 0 Å². The lowest BCUT2D eigenvalue weighted by Crippen LogP contribution is -2.26. The van der Waals surface area contributed by atoms with E-state index in [1.807, 2.05) is 45.4 Å². The zero-order chi connectivity index (χ0) is 14.7. The lowest BCUT2D eigenvalue weighted by molar-refractivity contribution is 0.0786. The lowest BCUT2D eigenvalue weighted by Gasteiger charge is -2.18. The molecule has 0 saturated heterocycles. The van der Waals surface area contributed by atoms with Crippen molar-refractivity contribution in [1.29, 1.82) is 0 Å². The van der Waals surface area contributed by atoms with Gasteiger partial charge in [-0.3, -0.25) is 9.48 Å². The summed E-state index contributed by atoms with van der Waals surface area (Å²) in [6, 6.07) is 5.79. The minimum absolute atomic E-state index is 0.00166. The number of nitrogens with one attached hydrogen (secondary N) is 1. The first-order valence-electron chi connectivity index (χ1n) is 6.52. The molecule has 5 heteroatoms. The van der Waals surface area contributed by atoms with Gasteiger partial charge in [0.15, 0.2) is 0 Å². The van der Waals surface area contributed by atoms with E-state index in [-0.39, 0.29) is 5.91 Å². The second-order valence-electron chi connectivity index (χ2n) is 4.98. The smallest absolute Gasteiger partial charge is 0.255 e. The van der Waals surface area contributed by atoms with Gasteiger partial charge in [0.25, 0.3) is 5.91 Å². The van der Waals surface area contributed by atoms with E-state index in [1.54, 1.807) is 22.8 Å². The molecule has 0 spiro atoms. The van der Waals surface area contributed by atoms with Gasteiger partial charge in [0.2, 0.25) is 0 Å². The number of hydrogen-bond acceptors (Lipinski definition) is 3. The van der Waals surface area contributed by atoms with Crippen LogP contribution in [0.2, 0.25) is 0 Å². The van der Waals surface area contributed by atoms with Crippen LogP contribution >= 0.6 is 0 Å². The van der Waals surface area contributed by atoms with Crippen molar-refractivity contribution in [2.75, 3.05) is 19.4 Å².